The number of imidazole rings is 1. The number of aliphatic imine (C=N–C) groups is 1. The number of rotatable bonds is 6. The van der Waals surface area contributed by atoms with Crippen LogP contribution in [0.15, 0.2) is 41.4 Å². The summed E-state index contributed by atoms with van der Waals surface area (Å²) in [5.41, 5.74) is 6.93. The van der Waals surface area contributed by atoms with E-state index >= 15 is 0 Å². The Labute approximate surface area is 235 Å². The van der Waals surface area contributed by atoms with Gasteiger partial charge in [-0.15, -0.1) is 0 Å². The lowest BCUT2D eigenvalue weighted by molar-refractivity contribution is -0.137. The molecule has 0 bridgehead atoms. The molecule has 3 aromatic rings. The highest BCUT2D eigenvalue weighted by atomic mass is 35.5. The molecule has 0 spiro atoms. The lowest BCUT2D eigenvalue weighted by Gasteiger charge is -2.32. The first-order valence-corrected chi connectivity index (χ1v) is 13.3. The monoisotopic (exact) mass is 568 g/mol. The van der Waals surface area contributed by atoms with Gasteiger partial charge >= 0.3 is 5.97 Å². The lowest BCUT2D eigenvalue weighted by Crippen LogP contribution is -2.44. The Balaban J connectivity index is 1.47. The number of carbonyl (C=O) groups is 2. The number of aldehydes is 1. The van der Waals surface area contributed by atoms with Crippen LogP contribution in [0.1, 0.15) is 48.3 Å². The van der Waals surface area contributed by atoms with E-state index in [4.69, 9.17) is 31.8 Å². The summed E-state index contributed by atoms with van der Waals surface area (Å²) in [4.78, 5) is 35.5. The number of anilines is 2. The summed E-state index contributed by atoms with van der Waals surface area (Å²) in [7, 11) is 1.52. The zero-order valence-corrected chi connectivity index (χ0v) is 23.2. The molecule has 1 atom stereocenters. The number of hydrogen-bond donors (Lipinski definition) is 2. The van der Waals surface area contributed by atoms with Gasteiger partial charge in [0.05, 0.1) is 12.0 Å². The Hall–Kier alpha value is -3.96. The van der Waals surface area contributed by atoms with E-state index in [1.54, 1.807) is 36.6 Å². The average Bonchev–Trinajstić information content (AvgIpc) is 3.37. The van der Waals surface area contributed by atoms with E-state index in [1.807, 2.05) is 4.90 Å². The van der Waals surface area contributed by atoms with E-state index in [0.29, 0.717) is 47.4 Å². The first-order chi connectivity index (χ1) is 19.1. The molecule has 1 aromatic heterocycles. The number of nitrogens with two attached hydrogens (primary N) is 1. The van der Waals surface area contributed by atoms with Gasteiger partial charge in [0.15, 0.2) is 12.1 Å². The number of esters is 1. The third-order valence-corrected chi connectivity index (χ3v) is 7.53. The van der Waals surface area contributed by atoms with Crippen molar-refractivity contribution < 1.29 is 23.5 Å². The van der Waals surface area contributed by atoms with Crippen molar-refractivity contribution in [3.8, 4) is 11.5 Å². The largest absolute Gasteiger partial charge is 0.426 e. The summed E-state index contributed by atoms with van der Waals surface area (Å²) in [6.07, 6.45) is 2.41. The van der Waals surface area contributed by atoms with Gasteiger partial charge in [-0.2, -0.15) is 4.98 Å². The number of nitrogens with zero attached hydrogens (tertiary/aromatic N) is 4. The Morgan fingerprint density at radius 1 is 1.35 bits per heavy atom. The molecule has 3 N–H and O–H groups in total. The van der Waals surface area contributed by atoms with E-state index in [9.17, 15) is 14.0 Å². The third kappa shape index (κ3) is 5.26. The summed E-state index contributed by atoms with van der Waals surface area (Å²) in [5, 5.41) is 3.37. The van der Waals surface area contributed by atoms with Crippen molar-refractivity contribution in [2.24, 2.45) is 10.7 Å². The topological polar surface area (TPSA) is 124 Å². The van der Waals surface area contributed by atoms with Gasteiger partial charge in [-0.1, -0.05) is 17.7 Å². The number of nitrogens with one attached hydrogen (secondary N) is 1. The van der Waals surface area contributed by atoms with Crippen LogP contribution in [-0.4, -0.2) is 54.0 Å². The molecular weight excluding hydrogens is 539 g/mol. The molecule has 0 saturated carbocycles. The average molecular weight is 569 g/mol. The molecule has 1 fully saturated rings. The van der Waals surface area contributed by atoms with Gasteiger partial charge in [-0.3, -0.25) is 14.9 Å². The number of halogens is 2. The maximum atomic E-state index is 14.1. The minimum absolute atomic E-state index is 0.0530. The lowest BCUT2D eigenvalue weighted by atomic mass is 9.86. The molecule has 0 aliphatic carbocycles. The number of piperidine rings is 1. The van der Waals surface area contributed by atoms with E-state index < -0.39 is 11.2 Å². The van der Waals surface area contributed by atoms with Crippen molar-refractivity contribution >= 4 is 41.6 Å². The standard InChI is InChI=1S/C28H30ClFN6O4/c1-28(2)20-8-7-19(12-23(20)40-25(28)38)39-26(32-3)33-24-22(15-37)36(13-16-11-17(30)6-9-21(16)29)27(34-24)35-10-4-5-18(31)14-35/h6-9,11-12,15,18H,4-5,10,13-14,31H2,1-3H3,(H,32,33)/t18-/m1/s1. The predicted molar refractivity (Wildman–Crippen MR) is 150 cm³/mol. The van der Waals surface area contributed by atoms with Gasteiger partial charge < -0.3 is 24.7 Å². The molecule has 0 radical (unpaired) electrons. The number of benzene rings is 2. The second kappa shape index (κ2) is 10.9. The van der Waals surface area contributed by atoms with Gasteiger partial charge in [-0.25, -0.2) is 9.38 Å². The Morgan fingerprint density at radius 3 is 2.88 bits per heavy atom. The molecule has 210 valence electrons. The molecule has 2 aromatic carbocycles. The van der Waals surface area contributed by atoms with Crippen molar-refractivity contribution in [3.05, 3.63) is 64.1 Å². The molecule has 0 unspecified atom stereocenters. The fourth-order valence-electron chi connectivity index (χ4n) is 4.93. The fourth-order valence-corrected chi connectivity index (χ4v) is 5.11. The molecule has 12 heteroatoms. The first kappa shape index (κ1) is 27.6. The zero-order chi connectivity index (χ0) is 28.6. The number of fused-ring (bicyclic) bond motifs is 1. The highest BCUT2D eigenvalue weighted by molar-refractivity contribution is 6.31. The molecule has 40 heavy (non-hydrogen) atoms. The van der Waals surface area contributed by atoms with E-state index in [2.05, 4.69) is 10.3 Å². The number of aromatic nitrogens is 2. The quantitative estimate of drug-likeness (QED) is 0.149. The molecule has 3 heterocycles. The van der Waals surface area contributed by atoms with Crippen LogP contribution in [0.5, 0.6) is 11.5 Å². The van der Waals surface area contributed by atoms with Crippen LogP contribution in [0.25, 0.3) is 0 Å². The smallest absolute Gasteiger partial charge is 0.321 e. The molecule has 0 amide bonds. The Morgan fingerprint density at radius 2 is 2.15 bits per heavy atom. The van der Waals surface area contributed by atoms with Crippen molar-refractivity contribution in [2.45, 2.75) is 44.7 Å². The Bertz CT molecular complexity index is 1500. The molecule has 2 aliphatic rings. The number of amidine groups is 1. The van der Waals surface area contributed by atoms with Crippen molar-refractivity contribution in [3.63, 3.8) is 0 Å². The molecule has 1 saturated heterocycles. The van der Waals surface area contributed by atoms with Crippen LogP contribution >= 0.6 is 11.6 Å². The van der Waals surface area contributed by atoms with E-state index in [-0.39, 0.29) is 36.1 Å². The van der Waals surface area contributed by atoms with Crippen molar-refractivity contribution in [2.75, 3.05) is 30.4 Å². The normalized spacial score (nSPS) is 18.4. The van der Waals surface area contributed by atoms with Gasteiger partial charge in [0.2, 0.25) is 5.95 Å². The highest BCUT2D eigenvalue weighted by Gasteiger charge is 2.41. The highest BCUT2D eigenvalue weighted by Crippen LogP contribution is 2.41. The number of ether oxygens (including phenoxy) is 2. The summed E-state index contributed by atoms with van der Waals surface area (Å²) in [6.45, 7) is 4.92. The van der Waals surface area contributed by atoms with E-state index in [1.165, 1.54) is 25.2 Å². The van der Waals surface area contributed by atoms with Crippen molar-refractivity contribution in [1.29, 1.82) is 0 Å². The molecule has 10 nitrogen and oxygen atoms in total. The summed E-state index contributed by atoms with van der Waals surface area (Å²) in [5.74, 6) is 0.693. The van der Waals surface area contributed by atoms with Crippen LogP contribution in [-0.2, 0) is 16.8 Å². The summed E-state index contributed by atoms with van der Waals surface area (Å²) in [6, 6.07) is 9.19. The van der Waals surface area contributed by atoms with Crippen LogP contribution in [0.3, 0.4) is 0 Å². The van der Waals surface area contributed by atoms with Gasteiger partial charge in [0, 0.05) is 42.8 Å². The Kier molecular flexibility index (Phi) is 7.52. The number of hydrogen-bond acceptors (Lipinski definition) is 8. The van der Waals surface area contributed by atoms with Gasteiger partial charge in [0.1, 0.15) is 23.0 Å². The van der Waals surface area contributed by atoms with E-state index in [0.717, 1.165) is 18.4 Å². The first-order valence-electron chi connectivity index (χ1n) is 12.9. The van der Waals surface area contributed by atoms with Crippen molar-refractivity contribution in [1.82, 2.24) is 9.55 Å². The number of carbonyl (C=O) groups excluding carboxylic acids is 2. The third-order valence-electron chi connectivity index (χ3n) is 7.16. The fraction of sp³-hybridized carbons (Fsp3) is 0.357. The van der Waals surface area contributed by atoms with Crippen LogP contribution in [0.4, 0.5) is 16.2 Å². The van der Waals surface area contributed by atoms with Crippen LogP contribution in [0.2, 0.25) is 5.02 Å². The summed E-state index contributed by atoms with van der Waals surface area (Å²) < 4.78 is 27.1. The second-order valence-corrected chi connectivity index (χ2v) is 10.8. The van der Waals surface area contributed by atoms with Gasteiger partial charge in [-0.05, 0) is 56.5 Å². The maximum Gasteiger partial charge on any atom is 0.321 e. The second-order valence-electron chi connectivity index (χ2n) is 10.4. The molecule has 5 rings (SSSR count). The SMILES string of the molecule is CN=C(Nc1nc(N2CCC[C@@H](N)C2)n(Cc2cc(F)ccc2Cl)c1C=O)Oc1ccc2c(c1)OC(=O)C2(C)C. The van der Waals surface area contributed by atoms with Crippen LogP contribution < -0.4 is 25.4 Å². The minimum atomic E-state index is -0.753. The molecule has 2 aliphatic heterocycles. The summed E-state index contributed by atoms with van der Waals surface area (Å²) >= 11 is 6.37. The maximum absolute atomic E-state index is 14.1. The minimum Gasteiger partial charge on any atom is -0.426 e. The predicted octanol–water partition coefficient (Wildman–Crippen LogP) is 4.14. The molecular formula is C28H30ClFN6O4. The van der Waals surface area contributed by atoms with Crippen LogP contribution in [0, 0.1) is 5.82 Å². The van der Waals surface area contributed by atoms with Gasteiger partial charge in [0.25, 0.3) is 6.02 Å². The zero-order valence-electron chi connectivity index (χ0n) is 22.4.